The first kappa shape index (κ1) is 13.1. The number of anilines is 1. The van der Waals surface area contributed by atoms with Crippen LogP contribution in [0.15, 0.2) is 53.5 Å². The van der Waals surface area contributed by atoms with E-state index in [1.54, 1.807) is 0 Å². The monoisotopic (exact) mass is 308 g/mol. The molecule has 22 heavy (non-hydrogen) atoms. The number of benzene rings is 2. The van der Waals surface area contributed by atoms with Gasteiger partial charge >= 0.3 is 0 Å². The molecule has 0 spiro atoms. The van der Waals surface area contributed by atoms with Gasteiger partial charge in [0.2, 0.25) is 0 Å². The molecular formula is C17H13ClN4. The fourth-order valence-electron chi connectivity index (χ4n) is 2.59. The zero-order valence-electron chi connectivity index (χ0n) is 11.9. The van der Waals surface area contributed by atoms with Crippen LogP contribution in [0.25, 0.3) is 10.9 Å². The molecule has 2 aromatic carbocycles. The van der Waals surface area contributed by atoms with E-state index >= 15 is 0 Å². The zero-order chi connectivity index (χ0) is 15.1. The number of fused-ring (bicyclic) bond motifs is 2. The lowest BCUT2D eigenvalue weighted by Gasteiger charge is -2.21. The van der Waals surface area contributed by atoms with Gasteiger partial charge in [0.15, 0.2) is 11.7 Å². The van der Waals surface area contributed by atoms with Crippen molar-refractivity contribution in [1.29, 1.82) is 0 Å². The zero-order valence-corrected chi connectivity index (χ0v) is 12.6. The topological polar surface area (TPSA) is 49.3 Å². The van der Waals surface area contributed by atoms with Crippen molar-refractivity contribution in [2.45, 2.75) is 6.92 Å². The lowest BCUT2D eigenvalue weighted by Crippen LogP contribution is -2.33. The smallest absolute Gasteiger partial charge is 0.171 e. The number of aryl methyl sites for hydroxylation is 1. The van der Waals surface area contributed by atoms with Gasteiger partial charge in [-0.05, 0) is 42.8 Å². The Labute approximate surface area is 132 Å². The molecule has 0 saturated heterocycles. The van der Waals surface area contributed by atoms with E-state index in [0.29, 0.717) is 5.02 Å². The summed E-state index contributed by atoms with van der Waals surface area (Å²) in [7, 11) is 0. The number of nitrogens with one attached hydrogen (secondary N) is 2. The molecule has 1 aromatic heterocycles. The number of nitrogens with zero attached hydrogens (tertiary/aromatic N) is 2. The van der Waals surface area contributed by atoms with Crippen LogP contribution in [0.3, 0.4) is 0 Å². The molecule has 0 radical (unpaired) electrons. The van der Waals surface area contributed by atoms with Gasteiger partial charge in [0.05, 0.1) is 5.52 Å². The van der Waals surface area contributed by atoms with Crippen LogP contribution in [-0.4, -0.2) is 10.8 Å². The van der Waals surface area contributed by atoms with Crippen molar-refractivity contribution in [3.05, 3.63) is 64.7 Å². The molecule has 0 saturated carbocycles. The molecule has 0 amide bonds. The summed E-state index contributed by atoms with van der Waals surface area (Å²) in [5.74, 6) is 1.50. The van der Waals surface area contributed by atoms with Crippen LogP contribution < -0.4 is 10.9 Å². The highest BCUT2D eigenvalue weighted by atomic mass is 35.5. The maximum atomic E-state index is 5.94. The molecule has 0 unspecified atom stereocenters. The minimum Gasteiger partial charge on any atom is -0.282 e. The lowest BCUT2D eigenvalue weighted by atomic mass is 10.1. The highest BCUT2D eigenvalue weighted by molar-refractivity contribution is 6.30. The minimum atomic E-state index is 0.706. The highest BCUT2D eigenvalue weighted by Gasteiger charge is 2.17. The van der Waals surface area contributed by atoms with Crippen molar-refractivity contribution in [2.75, 3.05) is 5.43 Å². The fraction of sp³-hybridized carbons (Fsp3) is 0.0588. The molecule has 2 N–H and O–H groups in total. The highest BCUT2D eigenvalue weighted by Crippen LogP contribution is 2.34. The first-order valence-corrected chi connectivity index (χ1v) is 7.36. The molecule has 0 aliphatic carbocycles. The Morgan fingerprint density at radius 3 is 2.55 bits per heavy atom. The largest absolute Gasteiger partial charge is 0.282 e. The molecule has 0 fully saturated rings. The van der Waals surface area contributed by atoms with Gasteiger partial charge in [-0.2, -0.15) is 0 Å². The van der Waals surface area contributed by atoms with Crippen LogP contribution in [0.4, 0.5) is 11.5 Å². The molecule has 0 bridgehead atoms. The van der Waals surface area contributed by atoms with E-state index in [9.17, 15) is 0 Å². The predicted molar refractivity (Wildman–Crippen MR) is 90.9 cm³/mol. The Balaban J connectivity index is 1.88. The molecule has 4 nitrogen and oxygen atoms in total. The second-order valence-electron chi connectivity index (χ2n) is 5.17. The van der Waals surface area contributed by atoms with Crippen LogP contribution in [0.1, 0.15) is 11.1 Å². The average molecular weight is 309 g/mol. The Morgan fingerprint density at radius 2 is 1.73 bits per heavy atom. The normalized spacial score (nSPS) is 13.1. The van der Waals surface area contributed by atoms with E-state index in [2.05, 4.69) is 28.8 Å². The predicted octanol–water partition coefficient (Wildman–Crippen LogP) is 4.21. The quantitative estimate of drug-likeness (QED) is 0.708. The number of amidine groups is 1. The molecule has 4 rings (SSSR count). The summed E-state index contributed by atoms with van der Waals surface area (Å²) in [4.78, 5) is 9.35. The maximum absolute atomic E-state index is 5.94. The maximum Gasteiger partial charge on any atom is 0.171 e. The van der Waals surface area contributed by atoms with Gasteiger partial charge in [-0.1, -0.05) is 29.8 Å². The third-order valence-corrected chi connectivity index (χ3v) is 4.01. The second-order valence-corrected chi connectivity index (χ2v) is 5.60. The molecular weight excluding hydrogens is 296 g/mol. The number of hydrazine groups is 1. The van der Waals surface area contributed by atoms with Crippen LogP contribution in [0.5, 0.6) is 0 Å². The summed E-state index contributed by atoms with van der Waals surface area (Å²) in [5.41, 5.74) is 10.1. The standard InChI is InChI=1S/C17H13ClN4/c1-10-13-4-2-3-5-14(13)19-17-15(10)20-16(21-22-17)11-6-8-12(18)9-7-11/h2-9H,1H3,(H,19,22)(H,20,21). The van der Waals surface area contributed by atoms with E-state index in [1.807, 2.05) is 42.5 Å². The first-order valence-electron chi connectivity index (χ1n) is 6.98. The van der Waals surface area contributed by atoms with Gasteiger partial charge < -0.3 is 0 Å². The summed E-state index contributed by atoms with van der Waals surface area (Å²) in [6.07, 6.45) is 0. The summed E-state index contributed by atoms with van der Waals surface area (Å²) in [5, 5.41) is 1.82. The van der Waals surface area contributed by atoms with E-state index in [1.165, 1.54) is 0 Å². The summed E-state index contributed by atoms with van der Waals surface area (Å²) >= 11 is 5.94. The van der Waals surface area contributed by atoms with Gasteiger partial charge in [0.25, 0.3) is 0 Å². The molecule has 1 aliphatic rings. The number of para-hydroxylation sites is 1. The first-order chi connectivity index (χ1) is 10.7. The number of halogens is 1. The molecule has 0 atom stereocenters. The van der Waals surface area contributed by atoms with E-state index in [0.717, 1.165) is 39.4 Å². The second kappa shape index (κ2) is 5.00. The van der Waals surface area contributed by atoms with Crippen molar-refractivity contribution in [3.63, 3.8) is 0 Å². The van der Waals surface area contributed by atoms with Gasteiger partial charge in [-0.15, -0.1) is 0 Å². The van der Waals surface area contributed by atoms with Gasteiger partial charge in [0, 0.05) is 16.0 Å². The number of aliphatic imine (C=N–C) groups is 1. The Hall–Kier alpha value is -2.59. The Morgan fingerprint density at radius 1 is 0.955 bits per heavy atom. The third kappa shape index (κ3) is 2.09. The van der Waals surface area contributed by atoms with Gasteiger partial charge in [-0.25, -0.2) is 9.98 Å². The van der Waals surface area contributed by atoms with Crippen LogP contribution >= 0.6 is 11.6 Å². The van der Waals surface area contributed by atoms with Crippen LogP contribution in [0, 0.1) is 6.92 Å². The van der Waals surface area contributed by atoms with Crippen molar-refractivity contribution < 1.29 is 0 Å². The number of rotatable bonds is 1. The lowest BCUT2D eigenvalue weighted by molar-refractivity contribution is 1.05. The van der Waals surface area contributed by atoms with Crippen molar-refractivity contribution in [3.8, 4) is 0 Å². The number of aromatic nitrogens is 1. The van der Waals surface area contributed by atoms with Crippen LogP contribution in [-0.2, 0) is 0 Å². The van der Waals surface area contributed by atoms with Crippen LogP contribution in [0.2, 0.25) is 5.02 Å². The molecule has 3 aromatic rings. The van der Waals surface area contributed by atoms with Gasteiger partial charge in [0.1, 0.15) is 5.69 Å². The summed E-state index contributed by atoms with van der Waals surface area (Å²) < 4.78 is 0. The number of pyridine rings is 1. The molecule has 108 valence electrons. The molecule has 1 aliphatic heterocycles. The molecule has 5 heteroatoms. The Kier molecular flexibility index (Phi) is 2.98. The van der Waals surface area contributed by atoms with Crippen molar-refractivity contribution >= 4 is 39.8 Å². The van der Waals surface area contributed by atoms with E-state index < -0.39 is 0 Å². The minimum absolute atomic E-state index is 0.706. The van der Waals surface area contributed by atoms with Crippen molar-refractivity contribution in [1.82, 2.24) is 10.4 Å². The van der Waals surface area contributed by atoms with E-state index in [-0.39, 0.29) is 0 Å². The SMILES string of the molecule is Cc1c2c(nc3ccccc13)NNC(c1ccc(Cl)cc1)=N2. The van der Waals surface area contributed by atoms with E-state index in [4.69, 9.17) is 16.6 Å². The third-order valence-electron chi connectivity index (χ3n) is 3.76. The Bertz CT molecular complexity index is 900. The average Bonchev–Trinajstić information content (AvgIpc) is 2.56. The van der Waals surface area contributed by atoms with Gasteiger partial charge in [-0.3, -0.25) is 10.9 Å². The number of hydrogen-bond donors (Lipinski definition) is 2. The van der Waals surface area contributed by atoms with Crippen molar-refractivity contribution in [2.24, 2.45) is 4.99 Å². The summed E-state index contributed by atoms with van der Waals surface area (Å²) in [6, 6.07) is 15.6. The molecule has 2 heterocycles. The fourth-order valence-corrected chi connectivity index (χ4v) is 2.72. The number of hydrogen-bond acceptors (Lipinski definition) is 4. The summed E-state index contributed by atoms with van der Waals surface area (Å²) in [6.45, 7) is 2.07.